The van der Waals surface area contributed by atoms with E-state index in [1.807, 2.05) is 0 Å². The van der Waals surface area contributed by atoms with Crippen molar-refractivity contribution in [1.29, 1.82) is 0 Å². The van der Waals surface area contributed by atoms with E-state index in [0.717, 1.165) is 12.1 Å². The standard InChI is InChI=1S/C19H15F2N3O3/c1-11(12-2-4-13(5-3-12)18(25)26)19(27,9-17-22-10-23-24-17)15-7-6-14(20)8-16(15)21/h2-8,10,27H,1,9H2,(H,25,26)(H,22,23,24). The Bertz CT molecular complexity index is 988. The summed E-state index contributed by atoms with van der Waals surface area (Å²) in [6.45, 7) is 3.87. The maximum Gasteiger partial charge on any atom is 0.335 e. The first-order chi connectivity index (χ1) is 12.8. The molecule has 0 radical (unpaired) electrons. The van der Waals surface area contributed by atoms with Crippen molar-refractivity contribution in [3.8, 4) is 0 Å². The molecule has 1 aromatic heterocycles. The van der Waals surface area contributed by atoms with Crippen LogP contribution in [0.1, 0.15) is 27.3 Å². The van der Waals surface area contributed by atoms with E-state index in [2.05, 4.69) is 21.8 Å². The van der Waals surface area contributed by atoms with Gasteiger partial charge < -0.3 is 10.2 Å². The van der Waals surface area contributed by atoms with Gasteiger partial charge in [0.2, 0.25) is 0 Å². The third-order valence-corrected chi connectivity index (χ3v) is 4.24. The highest BCUT2D eigenvalue weighted by Gasteiger charge is 2.37. The van der Waals surface area contributed by atoms with E-state index in [-0.39, 0.29) is 28.9 Å². The van der Waals surface area contributed by atoms with Crippen molar-refractivity contribution >= 4 is 11.5 Å². The third kappa shape index (κ3) is 3.61. The lowest BCUT2D eigenvalue weighted by molar-refractivity contribution is 0.0697. The molecule has 0 fully saturated rings. The Labute approximate surface area is 152 Å². The molecule has 3 aromatic rings. The monoisotopic (exact) mass is 371 g/mol. The molecule has 0 aliphatic carbocycles. The van der Waals surface area contributed by atoms with Crippen LogP contribution < -0.4 is 0 Å². The van der Waals surface area contributed by atoms with Crippen LogP contribution >= 0.6 is 0 Å². The third-order valence-electron chi connectivity index (χ3n) is 4.24. The summed E-state index contributed by atoms with van der Waals surface area (Å²) >= 11 is 0. The highest BCUT2D eigenvalue weighted by molar-refractivity contribution is 5.88. The molecule has 0 bridgehead atoms. The number of carboxylic acid groups (broad SMARTS) is 1. The molecular weight excluding hydrogens is 356 g/mol. The SMILES string of the molecule is C=C(c1ccc(C(=O)O)cc1)C(O)(Cc1nc[nH]n1)c1ccc(F)cc1F. The van der Waals surface area contributed by atoms with Gasteiger partial charge in [0.1, 0.15) is 23.6 Å². The van der Waals surface area contributed by atoms with Gasteiger partial charge in [0.25, 0.3) is 0 Å². The average Bonchev–Trinajstić information content (AvgIpc) is 3.13. The lowest BCUT2D eigenvalue weighted by atomic mass is 9.80. The minimum atomic E-state index is -1.98. The number of aromatic nitrogens is 3. The van der Waals surface area contributed by atoms with Gasteiger partial charge >= 0.3 is 5.97 Å². The van der Waals surface area contributed by atoms with Crippen molar-refractivity contribution in [1.82, 2.24) is 15.2 Å². The summed E-state index contributed by atoms with van der Waals surface area (Å²) in [6.07, 6.45) is 1.08. The molecule has 3 rings (SSSR count). The van der Waals surface area contributed by atoms with Crippen molar-refractivity contribution in [2.75, 3.05) is 0 Å². The Morgan fingerprint density at radius 2 is 1.81 bits per heavy atom. The fourth-order valence-corrected chi connectivity index (χ4v) is 2.79. The van der Waals surface area contributed by atoms with Gasteiger partial charge in [-0.1, -0.05) is 18.7 Å². The smallest absolute Gasteiger partial charge is 0.335 e. The zero-order chi connectivity index (χ0) is 19.6. The fraction of sp³-hybridized carbons (Fsp3) is 0.105. The van der Waals surface area contributed by atoms with Gasteiger partial charge in [-0.3, -0.25) is 5.10 Å². The van der Waals surface area contributed by atoms with Gasteiger partial charge in [-0.2, -0.15) is 5.10 Å². The van der Waals surface area contributed by atoms with Crippen LogP contribution in [-0.4, -0.2) is 31.4 Å². The zero-order valence-electron chi connectivity index (χ0n) is 14.0. The van der Waals surface area contributed by atoms with Crippen LogP contribution in [-0.2, 0) is 12.0 Å². The number of nitrogens with one attached hydrogen (secondary N) is 1. The number of hydrogen-bond acceptors (Lipinski definition) is 4. The van der Waals surface area contributed by atoms with Crippen LogP contribution in [0.5, 0.6) is 0 Å². The summed E-state index contributed by atoms with van der Waals surface area (Å²) in [6, 6.07) is 8.43. The predicted molar refractivity (Wildman–Crippen MR) is 92.8 cm³/mol. The molecule has 0 aliphatic rings. The Hall–Kier alpha value is -3.39. The van der Waals surface area contributed by atoms with Crippen LogP contribution in [0.4, 0.5) is 8.78 Å². The molecule has 27 heavy (non-hydrogen) atoms. The van der Waals surface area contributed by atoms with Crippen LogP contribution in [0, 0.1) is 11.6 Å². The van der Waals surface area contributed by atoms with Crippen LogP contribution in [0.3, 0.4) is 0 Å². The lowest BCUT2D eigenvalue weighted by Gasteiger charge is -2.30. The number of hydrogen-bond donors (Lipinski definition) is 3. The normalized spacial score (nSPS) is 13.1. The Balaban J connectivity index is 2.08. The predicted octanol–water partition coefficient (Wildman–Crippen LogP) is 2.92. The minimum absolute atomic E-state index is 0.0528. The quantitative estimate of drug-likeness (QED) is 0.619. The second-order valence-corrected chi connectivity index (χ2v) is 5.94. The van der Waals surface area contributed by atoms with Gasteiger partial charge in [-0.25, -0.2) is 18.6 Å². The first-order valence-electron chi connectivity index (χ1n) is 7.87. The summed E-state index contributed by atoms with van der Waals surface area (Å²) in [5, 5.41) is 26.7. The summed E-state index contributed by atoms with van der Waals surface area (Å²) < 4.78 is 27.8. The number of nitrogens with zero attached hydrogens (tertiary/aromatic N) is 2. The first-order valence-corrected chi connectivity index (χ1v) is 7.87. The Morgan fingerprint density at radius 1 is 1.15 bits per heavy atom. The number of H-pyrrole nitrogens is 1. The summed E-state index contributed by atoms with van der Waals surface area (Å²) in [5.41, 5.74) is -1.64. The van der Waals surface area contributed by atoms with Crippen LogP contribution in [0.2, 0.25) is 0 Å². The highest BCUT2D eigenvalue weighted by atomic mass is 19.1. The molecule has 8 heteroatoms. The van der Waals surface area contributed by atoms with E-state index in [1.54, 1.807) is 0 Å². The van der Waals surface area contributed by atoms with Gasteiger partial charge in [0, 0.05) is 18.1 Å². The number of benzene rings is 2. The topological polar surface area (TPSA) is 99.1 Å². The number of aromatic amines is 1. The summed E-state index contributed by atoms with van der Waals surface area (Å²) in [7, 11) is 0. The minimum Gasteiger partial charge on any atom is -0.478 e. The van der Waals surface area contributed by atoms with Gasteiger partial charge in [0.05, 0.1) is 5.56 Å². The number of aromatic carboxylic acids is 1. The number of halogens is 2. The largest absolute Gasteiger partial charge is 0.478 e. The van der Waals surface area contributed by atoms with E-state index in [9.17, 15) is 18.7 Å². The van der Waals surface area contributed by atoms with Crippen LogP contribution in [0.25, 0.3) is 5.57 Å². The molecule has 0 amide bonds. The molecule has 1 heterocycles. The van der Waals surface area contributed by atoms with E-state index in [4.69, 9.17) is 5.11 Å². The number of carbonyl (C=O) groups is 1. The molecule has 6 nitrogen and oxygen atoms in total. The fourth-order valence-electron chi connectivity index (χ4n) is 2.79. The molecule has 138 valence electrons. The Morgan fingerprint density at radius 3 is 2.37 bits per heavy atom. The highest BCUT2D eigenvalue weighted by Crippen LogP contribution is 2.39. The van der Waals surface area contributed by atoms with E-state index >= 15 is 0 Å². The van der Waals surface area contributed by atoms with Gasteiger partial charge in [-0.05, 0) is 35.4 Å². The summed E-state index contributed by atoms with van der Waals surface area (Å²) in [4.78, 5) is 15.0. The zero-order valence-corrected chi connectivity index (χ0v) is 14.0. The van der Waals surface area contributed by atoms with E-state index < -0.39 is 23.2 Å². The van der Waals surface area contributed by atoms with Crippen molar-refractivity contribution in [2.45, 2.75) is 12.0 Å². The Kier molecular flexibility index (Phi) is 4.83. The summed E-state index contributed by atoms with van der Waals surface area (Å²) in [5.74, 6) is -2.64. The van der Waals surface area contributed by atoms with E-state index in [1.165, 1.54) is 30.6 Å². The van der Waals surface area contributed by atoms with Crippen molar-refractivity contribution in [3.63, 3.8) is 0 Å². The number of aliphatic hydroxyl groups is 1. The van der Waals surface area contributed by atoms with Gasteiger partial charge in [-0.15, -0.1) is 0 Å². The molecule has 1 unspecified atom stereocenters. The van der Waals surface area contributed by atoms with Crippen molar-refractivity contribution < 1.29 is 23.8 Å². The first kappa shape index (κ1) is 18.4. The molecule has 1 atom stereocenters. The second kappa shape index (κ2) is 7.08. The number of rotatable bonds is 6. The molecule has 2 aromatic carbocycles. The molecule has 0 saturated carbocycles. The maximum atomic E-state index is 14.5. The van der Waals surface area contributed by atoms with Crippen molar-refractivity contribution in [2.24, 2.45) is 0 Å². The average molecular weight is 371 g/mol. The molecule has 3 N–H and O–H groups in total. The maximum absolute atomic E-state index is 14.5. The van der Waals surface area contributed by atoms with E-state index in [0.29, 0.717) is 11.6 Å². The lowest BCUT2D eigenvalue weighted by Crippen LogP contribution is -2.32. The van der Waals surface area contributed by atoms with Crippen LogP contribution in [0.15, 0.2) is 55.4 Å². The van der Waals surface area contributed by atoms with Crippen molar-refractivity contribution in [3.05, 3.63) is 89.5 Å². The molecule has 0 saturated heterocycles. The van der Waals surface area contributed by atoms with Gasteiger partial charge in [0.15, 0.2) is 5.82 Å². The molecular formula is C19H15F2N3O3. The number of carboxylic acids is 1. The molecule has 0 spiro atoms. The molecule has 0 aliphatic heterocycles. The second-order valence-electron chi connectivity index (χ2n) is 5.94.